The third kappa shape index (κ3) is 53.7. The minimum atomic E-state index is -0.556. The molecule has 0 rings (SSSR count). The fraction of sp³-hybridized carbons (Fsp3) is 0.738. The molecule has 0 saturated carbocycles. The highest BCUT2D eigenvalue weighted by molar-refractivity contribution is 5.70. The van der Waals surface area contributed by atoms with Gasteiger partial charge in [-0.05, 0) is 116 Å². The van der Waals surface area contributed by atoms with E-state index in [1.807, 2.05) is 0 Å². The highest BCUT2D eigenvalue weighted by Crippen LogP contribution is 2.14. The number of hydrogen-bond donors (Lipinski definition) is 0. The van der Waals surface area contributed by atoms with Crippen molar-refractivity contribution < 1.29 is 23.8 Å². The number of rotatable bonds is 51. The topological polar surface area (TPSA) is 61.8 Å². The third-order valence-electron chi connectivity index (χ3n) is 11.9. The lowest BCUT2D eigenvalue weighted by molar-refractivity contribution is -0.163. The summed E-state index contributed by atoms with van der Waals surface area (Å²) in [5, 5.41) is 0. The summed E-state index contributed by atoms with van der Waals surface area (Å²) in [6.07, 6.45) is 74.5. The molecule has 0 aliphatic heterocycles. The van der Waals surface area contributed by atoms with Gasteiger partial charge in [0, 0.05) is 19.4 Å². The molecule has 5 nitrogen and oxygen atoms in total. The van der Waals surface area contributed by atoms with Gasteiger partial charge in [-0.2, -0.15) is 0 Å². The Kier molecular flexibility index (Phi) is 53.9. The van der Waals surface area contributed by atoms with Crippen LogP contribution in [-0.2, 0) is 23.8 Å². The monoisotopic (exact) mass is 919 g/mol. The number of unbranched alkanes of at least 4 members (excludes halogenated alkanes) is 26. The van der Waals surface area contributed by atoms with Gasteiger partial charge in [-0.15, -0.1) is 0 Å². The second-order valence-electron chi connectivity index (χ2n) is 18.4. The van der Waals surface area contributed by atoms with Crippen molar-refractivity contribution in [3.8, 4) is 0 Å². The SMILES string of the molecule is CC/C=C\C/C=C\C/C=C\CCCCCCCC(=O)OCC(COCCCCCCCCCCCC/C=C\C/C=C\CCCCC)OC(=O)CCCCCCC/C=C\C/C=C\CCCCC. The summed E-state index contributed by atoms with van der Waals surface area (Å²) in [7, 11) is 0. The van der Waals surface area contributed by atoms with Crippen LogP contribution < -0.4 is 0 Å². The average Bonchev–Trinajstić information content (AvgIpc) is 3.32. The Balaban J connectivity index is 4.31. The van der Waals surface area contributed by atoms with Crippen LogP contribution in [0.5, 0.6) is 0 Å². The number of allylic oxidation sites excluding steroid dienone is 14. The molecule has 0 aromatic carbocycles. The number of carbonyl (C=O) groups excluding carboxylic acids is 2. The maximum atomic E-state index is 12.8. The fourth-order valence-electron chi connectivity index (χ4n) is 7.70. The quantitative estimate of drug-likeness (QED) is 0.0346. The number of carbonyl (C=O) groups is 2. The molecule has 66 heavy (non-hydrogen) atoms. The molecule has 0 spiro atoms. The molecule has 1 unspecified atom stereocenters. The molecule has 0 radical (unpaired) electrons. The predicted octanol–water partition coefficient (Wildman–Crippen LogP) is 19.2. The van der Waals surface area contributed by atoms with Gasteiger partial charge in [-0.25, -0.2) is 0 Å². The van der Waals surface area contributed by atoms with E-state index in [9.17, 15) is 9.59 Å². The summed E-state index contributed by atoms with van der Waals surface area (Å²) >= 11 is 0. The highest BCUT2D eigenvalue weighted by atomic mass is 16.6. The predicted molar refractivity (Wildman–Crippen MR) is 288 cm³/mol. The first-order valence-corrected chi connectivity index (χ1v) is 28.1. The Bertz CT molecular complexity index is 1220. The van der Waals surface area contributed by atoms with Gasteiger partial charge >= 0.3 is 11.9 Å². The summed E-state index contributed by atoms with van der Waals surface area (Å²) in [5.41, 5.74) is 0. The molecule has 0 amide bonds. The van der Waals surface area contributed by atoms with Crippen molar-refractivity contribution in [1.29, 1.82) is 0 Å². The van der Waals surface area contributed by atoms with Gasteiger partial charge in [0.05, 0.1) is 6.61 Å². The molecular formula is C61H106O5. The van der Waals surface area contributed by atoms with E-state index in [2.05, 4.69) is 106 Å². The maximum absolute atomic E-state index is 12.8. The minimum Gasteiger partial charge on any atom is -0.462 e. The molecule has 0 fully saturated rings. The van der Waals surface area contributed by atoms with Crippen LogP contribution in [0, 0.1) is 0 Å². The van der Waals surface area contributed by atoms with Gasteiger partial charge in [0.25, 0.3) is 0 Å². The van der Waals surface area contributed by atoms with Gasteiger partial charge in [0.15, 0.2) is 6.10 Å². The van der Waals surface area contributed by atoms with Crippen molar-refractivity contribution >= 4 is 11.9 Å². The van der Waals surface area contributed by atoms with Gasteiger partial charge in [0.2, 0.25) is 0 Å². The van der Waals surface area contributed by atoms with Crippen LogP contribution >= 0.6 is 0 Å². The molecule has 0 aromatic rings. The van der Waals surface area contributed by atoms with Crippen molar-refractivity contribution in [2.45, 2.75) is 271 Å². The molecule has 0 saturated heterocycles. The molecule has 0 aliphatic rings. The van der Waals surface area contributed by atoms with Crippen LogP contribution in [0.2, 0.25) is 0 Å². The number of hydrogen-bond acceptors (Lipinski definition) is 5. The molecule has 0 bridgehead atoms. The van der Waals surface area contributed by atoms with Crippen molar-refractivity contribution in [1.82, 2.24) is 0 Å². The van der Waals surface area contributed by atoms with E-state index in [1.54, 1.807) is 0 Å². The Hall–Kier alpha value is -2.92. The lowest BCUT2D eigenvalue weighted by Crippen LogP contribution is -2.30. The van der Waals surface area contributed by atoms with Crippen LogP contribution in [0.15, 0.2) is 85.1 Å². The van der Waals surface area contributed by atoms with E-state index in [0.29, 0.717) is 19.4 Å². The molecule has 0 aliphatic carbocycles. The number of ether oxygens (including phenoxy) is 3. The molecule has 1 atom stereocenters. The summed E-state index contributed by atoms with van der Waals surface area (Å²) in [6, 6.07) is 0. The van der Waals surface area contributed by atoms with Crippen LogP contribution in [0.25, 0.3) is 0 Å². The fourth-order valence-corrected chi connectivity index (χ4v) is 7.70. The first-order chi connectivity index (χ1) is 32.6. The second-order valence-corrected chi connectivity index (χ2v) is 18.4. The molecule has 5 heteroatoms. The lowest BCUT2D eigenvalue weighted by Gasteiger charge is -2.18. The Labute approximate surface area is 409 Å². The largest absolute Gasteiger partial charge is 0.462 e. The van der Waals surface area contributed by atoms with E-state index in [-0.39, 0.29) is 25.2 Å². The summed E-state index contributed by atoms with van der Waals surface area (Å²) in [5.74, 6) is -0.431. The first kappa shape index (κ1) is 63.1. The van der Waals surface area contributed by atoms with E-state index >= 15 is 0 Å². The van der Waals surface area contributed by atoms with Gasteiger partial charge in [-0.1, -0.05) is 221 Å². The molecule has 0 heterocycles. The zero-order valence-corrected chi connectivity index (χ0v) is 43.7. The van der Waals surface area contributed by atoms with E-state index in [1.165, 1.54) is 135 Å². The molecule has 0 aromatic heterocycles. The number of esters is 2. The average molecular weight is 920 g/mol. The normalized spacial score (nSPS) is 12.8. The highest BCUT2D eigenvalue weighted by Gasteiger charge is 2.17. The molecule has 0 N–H and O–H groups in total. The third-order valence-corrected chi connectivity index (χ3v) is 11.9. The van der Waals surface area contributed by atoms with Crippen LogP contribution in [-0.4, -0.2) is 37.9 Å². The van der Waals surface area contributed by atoms with Crippen LogP contribution in [0.3, 0.4) is 0 Å². The van der Waals surface area contributed by atoms with Gasteiger partial charge in [0.1, 0.15) is 6.61 Å². The van der Waals surface area contributed by atoms with Crippen LogP contribution in [0.1, 0.15) is 265 Å². The minimum absolute atomic E-state index is 0.0667. The van der Waals surface area contributed by atoms with Crippen molar-refractivity contribution in [2.24, 2.45) is 0 Å². The van der Waals surface area contributed by atoms with Crippen molar-refractivity contribution in [2.75, 3.05) is 19.8 Å². The summed E-state index contributed by atoms with van der Waals surface area (Å²) in [4.78, 5) is 25.5. The first-order valence-electron chi connectivity index (χ1n) is 28.1. The summed E-state index contributed by atoms with van der Waals surface area (Å²) < 4.78 is 17.4. The van der Waals surface area contributed by atoms with E-state index in [0.717, 1.165) is 96.3 Å². The Morgan fingerprint density at radius 2 is 0.682 bits per heavy atom. The standard InChI is InChI=1S/C61H106O5/c1-4-7-10-13-16-19-22-25-28-29-30-31-32-35-38-41-44-47-50-53-56-64-57-59(66-61(63)55-52-49-46-43-40-37-34-27-24-21-18-15-12-9-6-3)58-65-60(62)54-51-48-45-42-39-36-33-26-23-20-17-14-11-8-5-2/h8,11,16-21,25-28,33-34,59H,4-7,9-10,12-15,22-24,29-32,35-58H2,1-3H3/b11-8-,19-16-,20-17-,21-18-,28-25-,33-26-,34-27-. The second kappa shape index (κ2) is 56.4. The van der Waals surface area contributed by atoms with Crippen molar-refractivity contribution in [3.63, 3.8) is 0 Å². The zero-order valence-electron chi connectivity index (χ0n) is 43.7. The zero-order chi connectivity index (χ0) is 47.7. The molecule has 380 valence electrons. The van der Waals surface area contributed by atoms with Crippen LogP contribution in [0.4, 0.5) is 0 Å². The maximum Gasteiger partial charge on any atom is 0.306 e. The smallest absolute Gasteiger partial charge is 0.306 e. The van der Waals surface area contributed by atoms with Gasteiger partial charge in [-0.3, -0.25) is 9.59 Å². The Morgan fingerprint density at radius 3 is 1.09 bits per heavy atom. The van der Waals surface area contributed by atoms with Crippen molar-refractivity contribution in [3.05, 3.63) is 85.1 Å². The van der Waals surface area contributed by atoms with E-state index < -0.39 is 6.10 Å². The molecular weight excluding hydrogens is 813 g/mol. The lowest BCUT2D eigenvalue weighted by atomic mass is 10.1. The summed E-state index contributed by atoms with van der Waals surface area (Å²) in [6.45, 7) is 7.64. The van der Waals surface area contributed by atoms with Gasteiger partial charge < -0.3 is 14.2 Å². The Morgan fingerprint density at radius 1 is 0.348 bits per heavy atom. The van der Waals surface area contributed by atoms with E-state index in [4.69, 9.17) is 14.2 Å².